The van der Waals surface area contributed by atoms with Crippen LogP contribution in [0.5, 0.6) is 0 Å². The van der Waals surface area contributed by atoms with Crippen molar-refractivity contribution in [2.75, 3.05) is 19.6 Å². The Labute approximate surface area is 158 Å². The highest BCUT2D eigenvalue weighted by Crippen LogP contribution is 2.22. The molecule has 0 spiro atoms. The summed E-state index contributed by atoms with van der Waals surface area (Å²) in [6.07, 6.45) is 7.59. The average molecular weight is 359 g/mol. The molecule has 0 saturated carbocycles. The van der Waals surface area contributed by atoms with Gasteiger partial charge in [0.1, 0.15) is 0 Å². The van der Waals surface area contributed by atoms with Gasteiger partial charge in [-0.15, -0.1) is 0 Å². The van der Waals surface area contributed by atoms with Gasteiger partial charge in [0, 0.05) is 32.5 Å². The first-order valence-electron chi connectivity index (χ1n) is 10.3. The molecule has 0 bridgehead atoms. The number of rotatable bonds is 10. The van der Waals surface area contributed by atoms with E-state index in [9.17, 15) is 9.59 Å². The summed E-state index contributed by atoms with van der Waals surface area (Å²) in [5.41, 5.74) is 1.13. The van der Waals surface area contributed by atoms with Gasteiger partial charge < -0.3 is 9.80 Å². The van der Waals surface area contributed by atoms with Gasteiger partial charge in [-0.3, -0.25) is 9.59 Å². The SMILES string of the molecule is CCCCCCC(=O)N(CCC(=O)N1CCCC1)C(C)c1ccccc1. The molecule has 0 aromatic heterocycles. The maximum absolute atomic E-state index is 12.9. The summed E-state index contributed by atoms with van der Waals surface area (Å²) >= 11 is 0. The Morgan fingerprint density at radius 1 is 1.04 bits per heavy atom. The van der Waals surface area contributed by atoms with E-state index in [0.29, 0.717) is 19.4 Å². The number of likely N-dealkylation sites (tertiary alicyclic amines) is 1. The van der Waals surface area contributed by atoms with Gasteiger partial charge >= 0.3 is 0 Å². The van der Waals surface area contributed by atoms with Gasteiger partial charge in [0.05, 0.1) is 6.04 Å². The third-order valence-corrected chi connectivity index (χ3v) is 5.34. The van der Waals surface area contributed by atoms with Gasteiger partial charge in [-0.25, -0.2) is 0 Å². The molecule has 26 heavy (non-hydrogen) atoms. The van der Waals surface area contributed by atoms with Crippen LogP contribution in [0, 0.1) is 0 Å². The third-order valence-electron chi connectivity index (χ3n) is 5.34. The molecule has 144 valence electrons. The Hall–Kier alpha value is -1.84. The number of unbranched alkanes of at least 4 members (excludes halogenated alkanes) is 3. The van der Waals surface area contributed by atoms with E-state index >= 15 is 0 Å². The van der Waals surface area contributed by atoms with Crippen LogP contribution in [0.3, 0.4) is 0 Å². The van der Waals surface area contributed by atoms with Gasteiger partial charge in [0.15, 0.2) is 0 Å². The van der Waals surface area contributed by atoms with Crippen LogP contribution in [0.2, 0.25) is 0 Å². The van der Waals surface area contributed by atoms with Crippen molar-refractivity contribution in [3.8, 4) is 0 Å². The maximum Gasteiger partial charge on any atom is 0.224 e. The Morgan fingerprint density at radius 2 is 1.73 bits per heavy atom. The van der Waals surface area contributed by atoms with Crippen LogP contribution < -0.4 is 0 Å². The predicted octanol–water partition coefficient (Wildman–Crippen LogP) is 4.56. The van der Waals surface area contributed by atoms with Crippen LogP contribution in [0.1, 0.15) is 76.8 Å². The normalized spacial score (nSPS) is 15.1. The molecular weight excluding hydrogens is 324 g/mol. The molecule has 4 heteroatoms. The zero-order chi connectivity index (χ0) is 18.8. The zero-order valence-electron chi connectivity index (χ0n) is 16.5. The molecule has 4 nitrogen and oxygen atoms in total. The van der Waals surface area contributed by atoms with Crippen molar-refractivity contribution in [2.45, 2.75) is 71.3 Å². The lowest BCUT2D eigenvalue weighted by Gasteiger charge is -2.30. The van der Waals surface area contributed by atoms with Crippen LogP contribution in [0.4, 0.5) is 0 Å². The average Bonchev–Trinajstić information content (AvgIpc) is 3.20. The van der Waals surface area contributed by atoms with Crippen LogP contribution in [-0.4, -0.2) is 41.2 Å². The molecule has 1 heterocycles. The lowest BCUT2D eigenvalue weighted by Crippen LogP contribution is -2.37. The number of carbonyl (C=O) groups excluding carboxylic acids is 2. The minimum Gasteiger partial charge on any atom is -0.343 e. The molecule has 1 fully saturated rings. The standard InChI is InChI=1S/C22H34N2O2/c1-3-4-5-9-14-22(26)24(19(2)20-12-7-6-8-13-20)18-15-21(25)23-16-10-11-17-23/h6-8,12-13,19H,3-5,9-11,14-18H2,1-2H3. The van der Waals surface area contributed by atoms with Gasteiger partial charge in [0.2, 0.25) is 11.8 Å². The number of carbonyl (C=O) groups is 2. The molecule has 0 N–H and O–H groups in total. The molecule has 1 aliphatic heterocycles. The highest BCUT2D eigenvalue weighted by Gasteiger charge is 2.24. The predicted molar refractivity (Wildman–Crippen MR) is 106 cm³/mol. The Balaban J connectivity index is 1.97. The van der Waals surface area contributed by atoms with Crippen LogP contribution in [0.25, 0.3) is 0 Å². The number of hydrogen-bond donors (Lipinski definition) is 0. The fraction of sp³-hybridized carbons (Fsp3) is 0.636. The minimum absolute atomic E-state index is 0.00116. The number of amides is 2. The molecule has 0 aliphatic carbocycles. The van der Waals surface area contributed by atoms with Crippen molar-refractivity contribution in [1.29, 1.82) is 0 Å². The molecule has 1 unspecified atom stereocenters. The van der Waals surface area contributed by atoms with Crippen molar-refractivity contribution in [1.82, 2.24) is 9.80 Å². The summed E-state index contributed by atoms with van der Waals surface area (Å²) in [4.78, 5) is 29.1. The maximum atomic E-state index is 12.9. The molecule has 1 saturated heterocycles. The Kier molecular flexibility index (Phi) is 8.66. The topological polar surface area (TPSA) is 40.6 Å². The van der Waals surface area contributed by atoms with Crippen molar-refractivity contribution in [2.24, 2.45) is 0 Å². The van der Waals surface area contributed by atoms with Gasteiger partial charge in [0.25, 0.3) is 0 Å². The monoisotopic (exact) mass is 358 g/mol. The van der Waals surface area contributed by atoms with Crippen LogP contribution in [0.15, 0.2) is 30.3 Å². The fourth-order valence-electron chi connectivity index (χ4n) is 3.63. The smallest absolute Gasteiger partial charge is 0.224 e. The Bertz CT molecular complexity index is 553. The highest BCUT2D eigenvalue weighted by molar-refractivity contribution is 5.79. The second-order valence-electron chi connectivity index (χ2n) is 7.32. The first-order valence-corrected chi connectivity index (χ1v) is 10.3. The zero-order valence-corrected chi connectivity index (χ0v) is 16.5. The largest absolute Gasteiger partial charge is 0.343 e. The first kappa shape index (κ1) is 20.5. The molecule has 2 amide bonds. The first-order chi connectivity index (χ1) is 12.6. The second-order valence-corrected chi connectivity index (χ2v) is 7.32. The molecule has 1 atom stereocenters. The number of nitrogens with zero attached hydrogens (tertiary/aromatic N) is 2. The minimum atomic E-state index is 0.00116. The van der Waals surface area contributed by atoms with E-state index in [-0.39, 0.29) is 17.9 Å². The van der Waals surface area contributed by atoms with E-state index in [1.807, 2.05) is 28.0 Å². The highest BCUT2D eigenvalue weighted by atomic mass is 16.2. The molecular formula is C22H34N2O2. The van der Waals surface area contributed by atoms with Gasteiger partial charge in [-0.2, -0.15) is 0 Å². The van der Waals surface area contributed by atoms with E-state index in [2.05, 4.69) is 26.0 Å². The van der Waals surface area contributed by atoms with Crippen LogP contribution in [-0.2, 0) is 9.59 Å². The lowest BCUT2D eigenvalue weighted by molar-refractivity contribution is -0.135. The van der Waals surface area contributed by atoms with Gasteiger partial charge in [-0.05, 0) is 31.7 Å². The number of benzene rings is 1. The van der Waals surface area contributed by atoms with E-state index in [1.165, 1.54) is 12.8 Å². The van der Waals surface area contributed by atoms with Gasteiger partial charge in [-0.1, -0.05) is 56.5 Å². The second kappa shape index (κ2) is 11.0. The molecule has 0 radical (unpaired) electrons. The summed E-state index contributed by atoms with van der Waals surface area (Å²) in [7, 11) is 0. The molecule has 1 aromatic rings. The van der Waals surface area contributed by atoms with E-state index in [0.717, 1.165) is 44.3 Å². The van der Waals surface area contributed by atoms with Crippen molar-refractivity contribution in [3.05, 3.63) is 35.9 Å². The van der Waals surface area contributed by atoms with Crippen molar-refractivity contribution in [3.63, 3.8) is 0 Å². The summed E-state index contributed by atoms with van der Waals surface area (Å²) in [6.45, 7) is 6.50. The van der Waals surface area contributed by atoms with E-state index < -0.39 is 0 Å². The summed E-state index contributed by atoms with van der Waals surface area (Å²) < 4.78 is 0. The molecule has 2 rings (SSSR count). The summed E-state index contributed by atoms with van der Waals surface area (Å²) in [5, 5.41) is 0. The summed E-state index contributed by atoms with van der Waals surface area (Å²) in [6, 6.07) is 10.1. The van der Waals surface area contributed by atoms with Crippen LogP contribution >= 0.6 is 0 Å². The molecule has 1 aromatic carbocycles. The summed E-state index contributed by atoms with van der Waals surface area (Å²) in [5.74, 6) is 0.359. The van der Waals surface area contributed by atoms with Crippen molar-refractivity contribution >= 4 is 11.8 Å². The lowest BCUT2D eigenvalue weighted by atomic mass is 10.1. The number of hydrogen-bond acceptors (Lipinski definition) is 2. The van der Waals surface area contributed by atoms with E-state index in [1.54, 1.807) is 0 Å². The van der Waals surface area contributed by atoms with E-state index in [4.69, 9.17) is 0 Å². The quantitative estimate of drug-likeness (QED) is 0.575. The Morgan fingerprint density at radius 3 is 2.38 bits per heavy atom. The molecule has 1 aliphatic rings. The third kappa shape index (κ3) is 6.15. The van der Waals surface area contributed by atoms with Crippen molar-refractivity contribution < 1.29 is 9.59 Å². The fourth-order valence-corrected chi connectivity index (χ4v) is 3.63.